The molecule has 0 saturated carbocycles. The summed E-state index contributed by atoms with van der Waals surface area (Å²) in [4.78, 5) is 0. The Labute approximate surface area is 65.9 Å². The first-order valence-corrected chi connectivity index (χ1v) is 2.01. The van der Waals surface area contributed by atoms with Gasteiger partial charge in [-0.15, -0.1) is 0 Å². The summed E-state index contributed by atoms with van der Waals surface area (Å²) < 4.78 is 23.4. The summed E-state index contributed by atoms with van der Waals surface area (Å²) in [5.41, 5.74) is 0. The normalized spacial score (nSPS) is 2.33. The predicted molar refractivity (Wildman–Crippen MR) is 19.4 cm³/mol. The summed E-state index contributed by atoms with van der Waals surface area (Å²) in [6.07, 6.45) is 0. The molecule has 3 nitrogen and oxygen atoms in total. The standard InChI is InChI=1S/Bi.ClHO.2O.V.3H/c;1-2;;;;;;/h;2H;;;;;;. The van der Waals surface area contributed by atoms with Gasteiger partial charge in [-0.25, -0.2) is 0 Å². The number of halogens is 1. The van der Waals surface area contributed by atoms with Gasteiger partial charge in [0, 0.05) is 0 Å². The van der Waals surface area contributed by atoms with Crippen LogP contribution in [0.5, 0.6) is 0 Å². The number of rotatable bonds is 0. The van der Waals surface area contributed by atoms with E-state index in [2.05, 4.69) is 11.9 Å². The van der Waals surface area contributed by atoms with Gasteiger partial charge in [0.25, 0.3) is 0 Å². The van der Waals surface area contributed by atoms with Crippen LogP contribution < -0.4 is 0 Å². The molecule has 0 fully saturated rings. The van der Waals surface area contributed by atoms with Crippen LogP contribution in [-0.4, -0.2) is 30.9 Å². The Morgan fingerprint density at radius 2 is 1.33 bits per heavy atom. The van der Waals surface area contributed by atoms with Crippen molar-refractivity contribution < 1.29 is 28.2 Å². The van der Waals surface area contributed by atoms with Gasteiger partial charge in [0.15, 0.2) is 0 Å². The number of hydrogen-bond donors (Lipinski definition) is 1. The third-order valence-electron chi connectivity index (χ3n) is 0. The molecule has 0 saturated heterocycles. The molecule has 39 valence electrons. The second-order valence-electron chi connectivity index (χ2n) is 0.0745. The quantitative estimate of drug-likeness (QED) is 0.555. The van der Waals surface area contributed by atoms with E-state index >= 15 is 0 Å². The van der Waals surface area contributed by atoms with Gasteiger partial charge in [-0.3, -0.25) is 4.66 Å². The monoisotopic (exact) mass is 347 g/mol. The Hall–Kier alpha value is 1.32. The molecule has 0 amide bonds. The summed E-state index contributed by atoms with van der Waals surface area (Å²) in [7, 11) is 0. The molecule has 0 aliphatic heterocycles. The summed E-state index contributed by atoms with van der Waals surface area (Å²) in [5.74, 6) is 0. The first kappa shape index (κ1) is 15.7. The molecule has 0 atom stereocenters. The van der Waals surface area contributed by atoms with Crippen LogP contribution in [0.2, 0.25) is 0 Å². The van der Waals surface area contributed by atoms with Crippen molar-refractivity contribution in [3.05, 3.63) is 0 Å². The fourth-order valence-corrected chi connectivity index (χ4v) is 0. The molecule has 0 radical (unpaired) electrons. The minimum atomic E-state index is -1.81. The molecule has 0 heterocycles. The Bertz CT molecular complexity index is 31.8. The Morgan fingerprint density at radius 1 is 1.33 bits per heavy atom. The van der Waals surface area contributed by atoms with E-state index in [0.29, 0.717) is 0 Å². The van der Waals surface area contributed by atoms with Crippen molar-refractivity contribution in [3.8, 4) is 0 Å². The zero-order valence-corrected chi connectivity index (χ0v) is 10.4. The zero-order chi connectivity index (χ0) is 4.71. The van der Waals surface area contributed by atoms with E-state index in [9.17, 15) is 0 Å². The van der Waals surface area contributed by atoms with Crippen molar-refractivity contribution >= 4 is 38.1 Å². The third kappa shape index (κ3) is 57.1. The third-order valence-corrected chi connectivity index (χ3v) is 0. The summed E-state index contributed by atoms with van der Waals surface area (Å²) in [5, 5.41) is 0. The van der Waals surface area contributed by atoms with Crippen LogP contribution >= 0.6 is 11.9 Å². The molecule has 0 bridgehead atoms. The fourth-order valence-electron chi connectivity index (χ4n) is 0. The molecule has 6 heavy (non-hydrogen) atoms. The van der Waals surface area contributed by atoms with E-state index in [1.165, 1.54) is 0 Å². The van der Waals surface area contributed by atoms with Crippen molar-refractivity contribution in [2.24, 2.45) is 0 Å². The van der Waals surface area contributed by atoms with E-state index in [-0.39, 0.29) is 26.2 Å². The Morgan fingerprint density at radius 3 is 1.33 bits per heavy atom. The summed E-state index contributed by atoms with van der Waals surface area (Å²) >= 11 is 1.83. The zero-order valence-electron chi connectivity index (χ0n) is 2.80. The van der Waals surface area contributed by atoms with Crippen LogP contribution in [0.15, 0.2) is 0 Å². The van der Waals surface area contributed by atoms with Crippen molar-refractivity contribution in [2.45, 2.75) is 0 Å². The predicted octanol–water partition coefficient (Wildman–Crippen LogP) is -1.29. The molecule has 0 aliphatic rings. The SMILES string of the molecule is OCl.[BiH3].[O]=[V]=[O]. The van der Waals surface area contributed by atoms with Gasteiger partial charge in [0.05, 0.1) is 11.9 Å². The molecule has 0 aromatic heterocycles. The molecular weight excluding hydrogens is 343 g/mol. The molecule has 0 aromatic carbocycles. The molecule has 0 aliphatic carbocycles. The second kappa shape index (κ2) is 33.3. The van der Waals surface area contributed by atoms with Crippen LogP contribution in [0.1, 0.15) is 0 Å². The fraction of sp³-hybridized carbons (Fsp3) is 0. The van der Waals surface area contributed by atoms with Gasteiger partial charge in [0.2, 0.25) is 0 Å². The summed E-state index contributed by atoms with van der Waals surface area (Å²) in [6.45, 7) is 0. The molecule has 0 rings (SSSR count). The summed E-state index contributed by atoms with van der Waals surface area (Å²) in [6, 6.07) is 0. The van der Waals surface area contributed by atoms with Gasteiger partial charge in [-0.2, -0.15) is 0 Å². The van der Waals surface area contributed by atoms with Crippen LogP contribution in [0, 0.1) is 0 Å². The molecule has 1 N–H and O–H groups in total. The van der Waals surface area contributed by atoms with Crippen molar-refractivity contribution in [1.29, 1.82) is 0 Å². The van der Waals surface area contributed by atoms with Crippen molar-refractivity contribution in [3.63, 3.8) is 0 Å². The second-order valence-corrected chi connectivity index (χ2v) is 0.307. The first-order chi connectivity index (χ1) is 2.41. The average Bonchev–Trinajstić information content (AvgIpc) is 1.46. The molecule has 0 aromatic rings. The van der Waals surface area contributed by atoms with Gasteiger partial charge >= 0.3 is 49.7 Å². The van der Waals surface area contributed by atoms with E-state index < -0.39 is 16.2 Å². The molecule has 0 unspecified atom stereocenters. The maximum absolute atomic E-state index is 8.47. The maximum atomic E-state index is 8.47. The van der Waals surface area contributed by atoms with Crippen LogP contribution in [0.4, 0.5) is 0 Å². The first-order valence-electron chi connectivity index (χ1n) is 0.534. The Kier molecular flexibility index (Phi) is 86.8. The van der Waals surface area contributed by atoms with E-state index in [1.807, 2.05) is 0 Å². The topological polar surface area (TPSA) is 54.4 Å². The Balaban J connectivity index is -0.0000000275. The van der Waals surface area contributed by atoms with Gasteiger partial charge in [-0.05, 0) is 0 Å². The van der Waals surface area contributed by atoms with E-state index in [1.54, 1.807) is 0 Å². The number of hydrogen-bond acceptors (Lipinski definition) is 3. The molecular formula is H4BiClO3V. The van der Waals surface area contributed by atoms with Gasteiger partial charge in [-0.1, -0.05) is 0 Å². The van der Waals surface area contributed by atoms with E-state index in [0.717, 1.165) is 0 Å². The van der Waals surface area contributed by atoms with Gasteiger partial charge in [0.1, 0.15) is 0 Å². The van der Waals surface area contributed by atoms with E-state index in [4.69, 9.17) is 12.0 Å². The van der Waals surface area contributed by atoms with Crippen LogP contribution in [-0.2, 0) is 23.5 Å². The molecule has 6 heteroatoms. The molecule has 0 spiro atoms. The van der Waals surface area contributed by atoms with Crippen molar-refractivity contribution in [1.82, 2.24) is 0 Å². The van der Waals surface area contributed by atoms with Gasteiger partial charge < -0.3 is 0 Å². The van der Waals surface area contributed by atoms with Crippen LogP contribution in [0.3, 0.4) is 0 Å². The average molecular weight is 347 g/mol. The van der Waals surface area contributed by atoms with Crippen molar-refractivity contribution in [2.75, 3.05) is 0 Å². The minimum absolute atomic E-state index is 0. The van der Waals surface area contributed by atoms with Crippen LogP contribution in [0.25, 0.3) is 0 Å².